The molecule has 0 heterocycles. The Labute approximate surface area is 89.7 Å². The topological polar surface area (TPSA) is 9.72 Å². The Morgan fingerprint density at radius 1 is 0.786 bits per heavy atom. The molecule has 0 saturated carbocycles. The molecule has 0 radical (unpaired) electrons. The lowest BCUT2D eigenvalue weighted by Crippen LogP contribution is -2.43. The Morgan fingerprint density at radius 2 is 1.14 bits per heavy atom. The Bertz CT molecular complexity index is 137. The summed E-state index contributed by atoms with van der Waals surface area (Å²) in [4.78, 5) is 6.89. The van der Waals surface area contributed by atoms with E-state index >= 15 is 0 Å². The van der Waals surface area contributed by atoms with Crippen LogP contribution in [0, 0.1) is 5.41 Å². The second-order valence-electron chi connectivity index (χ2n) is 5.83. The van der Waals surface area contributed by atoms with Gasteiger partial charge in [0.05, 0.1) is 13.3 Å². The third kappa shape index (κ3) is 8.48. The molecule has 0 spiro atoms. The lowest BCUT2D eigenvalue weighted by molar-refractivity contribution is 0.0837. The van der Waals surface area contributed by atoms with Gasteiger partial charge in [-0.2, -0.15) is 0 Å². The van der Waals surface area contributed by atoms with E-state index in [1.165, 1.54) is 0 Å². The summed E-state index contributed by atoms with van der Waals surface area (Å²) in [6, 6.07) is 0. The van der Waals surface area contributed by atoms with E-state index in [-0.39, 0.29) is 0 Å². The Balaban J connectivity index is 4.11. The van der Waals surface area contributed by atoms with Gasteiger partial charge in [0, 0.05) is 6.54 Å². The first-order chi connectivity index (χ1) is 6.20. The number of nitrogens with zero attached hydrogens (tertiary/aromatic N) is 3. The van der Waals surface area contributed by atoms with Crippen LogP contribution in [-0.4, -0.2) is 62.8 Å². The smallest absolute Gasteiger partial charge is 0.0512 e. The van der Waals surface area contributed by atoms with E-state index in [1.807, 2.05) is 0 Å². The second kappa shape index (κ2) is 5.69. The fourth-order valence-electron chi connectivity index (χ4n) is 1.62. The minimum Gasteiger partial charge on any atom is -0.297 e. The van der Waals surface area contributed by atoms with Gasteiger partial charge in [0.15, 0.2) is 0 Å². The molecule has 0 saturated heterocycles. The summed E-state index contributed by atoms with van der Waals surface area (Å²) >= 11 is 0. The maximum absolute atomic E-state index is 2.46. The standard InChI is InChI=1S/C11H27N3/c1-11(2,3)8-14(9-12(4)5)10-13(6)7/h8-10H2,1-7H3. The van der Waals surface area contributed by atoms with Gasteiger partial charge in [-0.05, 0) is 33.6 Å². The minimum atomic E-state index is 0.367. The monoisotopic (exact) mass is 201 g/mol. The molecule has 0 unspecified atom stereocenters. The van der Waals surface area contributed by atoms with Gasteiger partial charge in [-0.1, -0.05) is 20.8 Å². The van der Waals surface area contributed by atoms with Gasteiger partial charge in [0.25, 0.3) is 0 Å². The van der Waals surface area contributed by atoms with Crippen molar-refractivity contribution in [1.29, 1.82) is 0 Å². The first-order valence-electron chi connectivity index (χ1n) is 5.22. The van der Waals surface area contributed by atoms with Crippen LogP contribution in [0.5, 0.6) is 0 Å². The summed E-state index contributed by atoms with van der Waals surface area (Å²) in [6.45, 7) is 10.0. The predicted molar refractivity (Wildman–Crippen MR) is 63.3 cm³/mol. The Kier molecular flexibility index (Phi) is 5.64. The molecular formula is C11H27N3. The zero-order valence-corrected chi connectivity index (χ0v) is 11.0. The van der Waals surface area contributed by atoms with Crippen LogP contribution in [0.2, 0.25) is 0 Å². The predicted octanol–water partition coefficient (Wildman–Crippen LogP) is 1.37. The molecule has 0 aliphatic carbocycles. The maximum Gasteiger partial charge on any atom is 0.0512 e. The van der Waals surface area contributed by atoms with Crippen molar-refractivity contribution in [2.75, 3.05) is 48.1 Å². The second-order valence-corrected chi connectivity index (χ2v) is 5.83. The third-order valence-corrected chi connectivity index (χ3v) is 1.66. The van der Waals surface area contributed by atoms with Crippen LogP contribution >= 0.6 is 0 Å². The van der Waals surface area contributed by atoms with Crippen molar-refractivity contribution in [2.45, 2.75) is 20.8 Å². The van der Waals surface area contributed by atoms with Gasteiger partial charge in [-0.3, -0.25) is 14.7 Å². The quantitative estimate of drug-likeness (QED) is 0.622. The molecule has 0 aromatic heterocycles. The molecule has 0 aromatic carbocycles. The molecule has 0 N–H and O–H groups in total. The molecule has 0 atom stereocenters. The Morgan fingerprint density at radius 3 is 1.36 bits per heavy atom. The number of hydrogen-bond donors (Lipinski definition) is 0. The normalized spacial score (nSPS) is 13.3. The highest BCUT2D eigenvalue weighted by molar-refractivity contribution is 4.68. The average Bonchev–Trinajstić information content (AvgIpc) is 1.77. The van der Waals surface area contributed by atoms with Gasteiger partial charge in [0.2, 0.25) is 0 Å². The fraction of sp³-hybridized carbons (Fsp3) is 1.00. The minimum absolute atomic E-state index is 0.367. The molecule has 0 aliphatic rings. The average molecular weight is 201 g/mol. The van der Waals surface area contributed by atoms with Gasteiger partial charge in [0.1, 0.15) is 0 Å². The van der Waals surface area contributed by atoms with Gasteiger partial charge in [-0.15, -0.1) is 0 Å². The molecule has 0 bridgehead atoms. The van der Waals surface area contributed by atoms with Crippen molar-refractivity contribution in [3.8, 4) is 0 Å². The summed E-state index contributed by atoms with van der Waals surface area (Å²) in [5, 5.41) is 0. The lowest BCUT2D eigenvalue weighted by atomic mass is 9.96. The van der Waals surface area contributed by atoms with Crippen LogP contribution in [-0.2, 0) is 0 Å². The Hall–Kier alpha value is -0.120. The highest BCUT2D eigenvalue weighted by Gasteiger charge is 2.16. The third-order valence-electron chi connectivity index (χ3n) is 1.66. The molecule has 3 nitrogen and oxygen atoms in total. The number of hydrogen-bond acceptors (Lipinski definition) is 3. The summed E-state index contributed by atoms with van der Waals surface area (Å²) < 4.78 is 0. The van der Waals surface area contributed by atoms with Crippen molar-refractivity contribution < 1.29 is 0 Å². The van der Waals surface area contributed by atoms with Crippen LogP contribution in [0.3, 0.4) is 0 Å². The molecule has 3 heteroatoms. The van der Waals surface area contributed by atoms with Crippen molar-refractivity contribution in [2.24, 2.45) is 5.41 Å². The summed E-state index contributed by atoms with van der Waals surface area (Å²) in [7, 11) is 8.47. The van der Waals surface area contributed by atoms with Crippen molar-refractivity contribution in [3.05, 3.63) is 0 Å². The molecule has 14 heavy (non-hydrogen) atoms. The SMILES string of the molecule is CN(C)CN(CN(C)C)CC(C)(C)C. The van der Waals surface area contributed by atoms with Crippen LogP contribution in [0.1, 0.15) is 20.8 Å². The highest BCUT2D eigenvalue weighted by Crippen LogP contribution is 2.15. The van der Waals surface area contributed by atoms with E-state index in [9.17, 15) is 0 Å². The molecule has 0 amide bonds. The van der Waals surface area contributed by atoms with Gasteiger partial charge < -0.3 is 0 Å². The molecule has 0 rings (SSSR count). The summed E-state index contributed by atoms with van der Waals surface area (Å²) in [5.41, 5.74) is 0.367. The van der Waals surface area contributed by atoms with Gasteiger partial charge in [-0.25, -0.2) is 0 Å². The first-order valence-corrected chi connectivity index (χ1v) is 5.22. The van der Waals surface area contributed by atoms with E-state index in [1.54, 1.807) is 0 Å². The fourth-order valence-corrected chi connectivity index (χ4v) is 1.62. The van der Waals surface area contributed by atoms with Crippen molar-refractivity contribution in [1.82, 2.24) is 14.7 Å². The van der Waals surface area contributed by atoms with E-state index in [2.05, 4.69) is 63.7 Å². The molecule has 86 valence electrons. The zero-order chi connectivity index (χ0) is 11.4. The molecule has 0 aliphatic heterocycles. The maximum atomic E-state index is 2.46. The van der Waals surface area contributed by atoms with Crippen LogP contribution in [0.15, 0.2) is 0 Å². The van der Waals surface area contributed by atoms with Crippen LogP contribution < -0.4 is 0 Å². The van der Waals surface area contributed by atoms with E-state index in [4.69, 9.17) is 0 Å². The molecular weight excluding hydrogens is 174 g/mol. The first kappa shape index (κ1) is 13.9. The highest BCUT2D eigenvalue weighted by atomic mass is 15.4. The summed E-state index contributed by atoms with van der Waals surface area (Å²) in [5.74, 6) is 0. The van der Waals surface area contributed by atoms with E-state index in [0.717, 1.165) is 19.9 Å². The van der Waals surface area contributed by atoms with E-state index < -0.39 is 0 Å². The zero-order valence-electron chi connectivity index (χ0n) is 11.0. The van der Waals surface area contributed by atoms with Crippen molar-refractivity contribution >= 4 is 0 Å². The lowest BCUT2D eigenvalue weighted by Gasteiger charge is -2.33. The molecule has 0 aromatic rings. The summed E-state index contributed by atoms with van der Waals surface area (Å²) in [6.07, 6.45) is 0. The van der Waals surface area contributed by atoms with Crippen molar-refractivity contribution in [3.63, 3.8) is 0 Å². The van der Waals surface area contributed by atoms with Gasteiger partial charge >= 0.3 is 0 Å². The largest absolute Gasteiger partial charge is 0.297 e. The van der Waals surface area contributed by atoms with Crippen LogP contribution in [0.4, 0.5) is 0 Å². The van der Waals surface area contributed by atoms with E-state index in [0.29, 0.717) is 5.41 Å². The molecule has 0 fully saturated rings. The van der Waals surface area contributed by atoms with Crippen LogP contribution in [0.25, 0.3) is 0 Å². The number of rotatable bonds is 5.